The second-order valence-electron chi connectivity index (χ2n) is 5.79. The average Bonchev–Trinajstić information content (AvgIpc) is 2.97. The number of hydrazine groups is 1. The number of nitrogens with two attached hydrogens (primary N) is 1. The lowest BCUT2D eigenvalue weighted by molar-refractivity contribution is 0.0923. The van der Waals surface area contributed by atoms with E-state index in [-0.39, 0.29) is 10.7 Å². The van der Waals surface area contributed by atoms with Crippen molar-refractivity contribution in [2.75, 3.05) is 0 Å². The summed E-state index contributed by atoms with van der Waals surface area (Å²) in [5.41, 5.74) is 3.63. The van der Waals surface area contributed by atoms with Crippen LogP contribution in [0.3, 0.4) is 0 Å². The maximum Gasteiger partial charge on any atom is 0.301 e. The SMILES string of the molecule is Cc1c(C(=O)NN)oc2c1/C(=N/NS(=O)(=O)c1ccc(F)cc1)CCC2. The molecule has 0 radical (unpaired) electrons. The van der Waals surface area contributed by atoms with E-state index in [0.29, 0.717) is 41.9 Å². The number of aryl methyl sites for hydroxylation is 1. The van der Waals surface area contributed by atoms with E-state index in [1.165, 1.54) is 0 Å². The van der Waals surface area contributed by atoms with Crippen LogP contribution in [0.5, 0.6) is 0 Å². The molecule has 3 rings (SSSR count). The molecule has 1 heterocycles. The van der Waals surface area contributed by atoms with Crippen molar-refractivity contribution in [2.24, 2.45) is 10.9 Å². The van der Waals surface area contributed by atoms with Crippen LogP contribution in [-0.4, -0.2) is 20.0 Å². The van der Waals surface area contributed by atoms with Crippen LogP contribution in [0.1, 0.15) is 40.3 Å². The molecule has 0 unspecified atom stereocenters. The Balaban J connectivity index is 1.93. The van der Waals surface area contributed by atoms with E-state index < -0.39 is 21.7 Å². The predicted octanol–water partition coefficient (Wildman–Crippen LogP) is 1.35. The first-order valence-electron chi connectivity index (χ1n) is 7.81. The number of nitrogens with one attached hydrogen (secondary N) is 2. The van der Waals surface area contributed by atoms with Crippen molar-refractivity contribution in [3.8, 4) is 0 Å². The van der Waals surface area contributed by atoms with Crippen LogP contribution in [0.2, 0.25) is 0 Å². The standard InChI is InChI=1S/C16H17FN4O4S/c1-9-14-12(3-2-4-13(14)25-15(9)16(22)19-18)20-21-26(23,24)11-7-5-10(17)6-8-11/h5-8,21H,2-4,18H2,1H3,(H,19,22)/b20-12+. The Labute approximate surface area is 149 Å². The first kappa shape index (κ1) is 18.1. The van der Waals surface area contributed by atoms with Crippen molar-refractivity contribution >= 4 is 21.6 Å². The van der Waals surface area contributed by atoms with Gasteiger partial charge in [0.2, 0.25) is 0 Å². The molecule has 0 saturated carbocycles. The number of halogens is 1. The van der Waals surface area contributed by atoms with Gasteiger partial charge in [0.15, 0.2) is 5.76 Å². The zero-order chi connectivity index (χ0) is 18.9. The minimum atomic E-state index is -3.94. The number of carbonyl (C=O) groups excluding carboxylic acids is 1. The van der Waals surface area contributed by atoms with Crippen LogP contribution >= 0.6 is 0 Å². The monoisotopic (exact) mass is 380 g/mol. The summed E-state index contributed by atoms with van der Waals surface area (Å²) in [6, 6.07) is 4.41. The number of hydrogen-bond donors (Lipinski definition) is 3. The molecule has 1 aromatic heterocycles. The second kappa shape index (κ2) is 6.89. The molecule has 2 aromatic rings. The summed E-state index contributed by atoms with van der Waals surface area (Å²) in [6.07, 6.45) is 1.82. The van der Waals surface area contributed by atoms with Gasteiger partial charge in [0.1, 0.15) is 11.6 Å². The van der Waals surface area contributed by atoms with Crippen LogP contribution in [0.4, 0.5) is 4.39 Å². The van der Waals surface area contributed by atoms with Crippen LogP contribution in [0.25, 0.3) is 0 Å². The number of benzene rings is 1. The Hall–Kier alpha value is -2.72. The highest BCUT2D eigenvalue weighted by molar-refractivity contribution is 7.89. The highest BCUT2D eigenvalue weighted by Crippen LogP contribution is 2.29. The first-order valence-corrected chi connectivity index (χ1v) is 9.29. The fourth-order valence-corrected chi connectivity index (χ4v) is 3.67. The lowest BCUT2D eigenvalue weighted by Crippen LogP contribution is -2.30. The van der Waals surface area contributed by atoms with Gasteiger partial charge in [-0.15, -0.1) is 0 Å². The number of hydrazone groups is 1. The topological polar surface area (TPSA) is 127 Å². The molecule has 10 heteroatoms. The molecule has 1 aromatic carbocycles. The number of carbonyl (C=O) groups is 1. The number of rotatable bonds is 4. The molecule has 0 atom stereocenters. The van der Waals surface area contributed by atoms with Gasteiger partial charge in [-0.2, -0.15) is 18.4 Å². The Morgan fingerprint density at radius 2 is 1.96 bits per heavy atom. The van der Waals surface area contributed by atoms with Gasteiger partial charge in [-0.1, -0.05) is 0 Å². The molecule has 0 bridgehead atoms. The number of amides is 1. The molecule has 8 nitrogen and oxygen atoms in total. The highest BCUT2D eigenvalue weighted by Gasteiger charge is 2.28. The van der Waals surface area contributed by atoms with Gasteiger partial charge in [0, 0.05) is 17.5 Å². The molecule has 1 amide bonds. The molecule has 4 N–H and O–H groups in total. The van der Waals surface area contributed by atoms with Crippen LogP contribution in [-0.2, 0) is 16.4 Å². The summed E-state index contributed by atoms with van der Waals surface area (Å²) < 4.78 is 43.1. The van der Waals surface area contributed by atoms with E-state index in [4.69, 9.17) is 10.3 Å². The summed E-state index contributed by atoms with van der Waals surface area (Å²) in [6.45, 7) is 1.68. The largest absolute Gasteiger partial charge is 0.455 e. The lowest BCUT2D eigenvalue weighted by Gasteiger charge is -2.14. The van der Waals surface area contributed by atoms with E-state index in [1.54, 1.807) is 6.92 Å². The molecule has 1 aliphatic rings. The molecule has 0 spiro atoms. The smallest absolute Gasteiger partial charge is 0.301 e. The van der Waals surface area contributed by atoms with Gasteiger partial charge in [-0.3, -0.25) is 10.2 Å². The van der Waals surface area contributed by atoms with E-state index in [0.717, 1.165) is 24.3 Å². The normalized spacial score (nSPS) is 15.6. The molecule has 138 valence electrons. The van der Waals surface area contributed by atoms with Gasteiger partial charge in [-0.05, 0) is 44.0 Å². The molecular formula is C16H17FN4O4S. The van der Waals surface area contributed by atoms with Crippen LogP contribution in [0, 0.1) is 12.7 Å². The number of sulfonamides is 1. The van der Waals surface area contributed by atoms with Crippen LogP contribution in [0.15, 0.2) is 38.7 Å². The number of nitrogen functional groups attached to an aromatic ring is 1. The van der Waals surface area contributed by atoms with Gasteiger partial charge in [0.05, 0.1) is 10.6 Å². The maximum absolute atomic E-state index is 13.0. The Morgan fingerprint density at radius 1 is 1.27 bits per heavy atom. The van der Waals surface area contributed by atoms with Gasteiger partial charge in [0.25, 0.3) is 10.0 Å². The molecular weight excluding hydrogens is 363 g/mol. The minimum Gasteiger partial charge on any atom is -0.455 e. The summed E-state index contributed by atoms with van der Waals surface area (Å²) >= 11 is 0. The molecule has 1 aliphatic carbocycles. The number of hydrogen-bond acceptors (Lipinski definition) is 6. The molecule has 0 fully saturated rings. The zero-order valence-electron chi connectivity index (χ0n) is 13.9. The van der Waals surface area contributed by atoms with Crippen molar-refractivity contribution < 1.29 is 22.0 Å². The number of furan rings is 1. The lowest BCUT2D eigenvalue weighted by atomic mass is 9.93. The van der Waals surface area contributed by atoms with Crippen molar-refractivity contribution in [3.05, 3.63) is 52.7 Å². The third-order valence-corrected chi connectivity index (χ3v) is 5.31. The van der Waals surface area contributed by atoms with Crippen molar-refractivity contribution in [1.29, 1.82) is 0 Å². The van der Waals surface area contributed by atoms with Gasteiger partial charge < -0.3 is 4.42 Å². The van der Waals surface area contributed by atoms with E-state index in [9.17, 15) is 17.6 Å². The van der Waals surface area contributed by atoms with E-state index in [1.807, 2.05) is 5.43 Å². The first-order chi connectivity index (χ1) is 12.3. The Morgan fingerprint density at radius 3 is 2.62 bits per heavy atom. The minimum absolute atomic E-state index is 0.0773. The Bertz CT molecular complexity index is 980. The third kappa shape index (κ3) is 3.33. The third-order valence-electron chi connectivity index (χ3n) is 4.09. The fraction of sp³-hybridized carbons (Fsp3) is 0.250. The summed E-state index contributed by atoms with van der Waals surface area (Å²) in [7, 11) is -3.94. The number of nitrogens with zero attached hydrogens (tertiary/aromatic N) is 1. The number of fused-ring (bicyclic) bond motifs is 1. The second-order valence-corrected chi connectivity index (χ2v) is 7.45. The summed E-state index contributed by atoms with van der Waals surface area (Å²) in [4.78, 5) is 13.8. The van der Waals surface area contributed by atoms with E-state index in [2.05, 4.69) is 9.93 Å². The van der Waals surface area contributed by atoms with Crippen molar-refractivity contribution in [2.45, 2.75) is 31.1 Å². The quantitative estimate of drug-likeness (QED) is 0.419. The van der Waals surface area contributed by atoms with Gasteiger partial charge in [-0.25, -0.2) is 10.2 Å². The molecule has 0 saturated heterocycles. The Kier molecular flexibility index (Phi) is 4.79. The van der Waals surface area contributed by atoms with Crippen LogP contribution < -0.4 is 16.1 Å². The van der Waals surface area contributed by atoms with Gasteiger partial charge >= 0.3 is 5.91 Å². The molecule has 0 aliphatic heterocycles. The average molecular weight is 380 g/mol. The highest BCUT2D eigenvalue weighted by atomic mass is 32.2. The summed E-state index contributed by atoms with van der Waals surface area (Å²) in [5, 5.41) is 4.02. The maximum atomic E-state index is 13.0. The van der Waals surface area contributed by atoms with Crippen molar-refractivity contribution in [3.63, 3.8) is 0 Å². The molecule has 26 heavy (non-hydrogen) atoms. The predicted molar refractivity (Wildman–Crippen MR) is 91.3 cm³/mol. The zero-order valence-corrected chi connectivity index (χ0v) is 14.7. The summed E-state index contributed by atoms with van der Waals surface area (Å²) in [5.74, 6) is 4.69. The van der Waals surface area contributed by atoms with Crippen molar-refractivity contribution in [1.82, 2.24) is 10.3 Å². The van der Waals surface area contributed by atoms with E-state index >= 15 is 0 Å². The fourth-order valence-electron chi connectivity index (χ4n) is 2.84.